The van der Waals surface area contributed by atoms with E-state index < -0.39 is 34.9 Å². The Balaban J connectivity index is 2.19. The van der Waals surface area contributed by atoms with Gasteiger partial charge in [-0.25, -0.2) is 13.6 Å². The number of halogens is 2. The first-order chi connectivity index (χ1) is 15.9. The Morgan fingerprint density at radius 1 is 1.21 bits per heavy atom. The third-order valence-electron chi connectivity index (χ3n) is 6.05. The molecule has 0 aliphatic carbocycles. The second-order valence-corrected chi connectivity index (χ2v) is 9.55. The maximum absolute atomic E-state index is 15.2. The van der Waals surface area contributed by atoms with E-state index in [1.165, 1.54) is 35.9 Å². The molecule has 1 aromatic heterocycles. The molecule has 1 aliphatic rings. The first kappa shape index (κ1) is 23.9. The molecule has 1 atom stereocenters. The van der Waals surface area contributed by atoms with Crippen molar-refractivity contribution in [3.63, 3.8) is 0 Å². The minimum Gasteiger partial charge on any atom is -0.490 e. The highest BCUT2D eigenvalue weighted by Gasteiger charge is 2.34. The average molecular weight is 472 g/mol. The lowest BCUT2D eigenvalue weighted by Crippen LogP contribution is -2.33. The summed E-state index contributed by atoms with van der Waals surface area (Å²) >= 11 is 0. The summed E-state index contributed by atoms with van der Waals surface area (Å²) in [5, 5.41) is 10.5. The molecular formula is C26H27F2NO5. The molecular weight excluding hydrogens is 444 g/mol. The topological polar surface area (TPSA) is 77.8 Å². The molecule has 0 spiro atoms. The molecule has 1 N–H and O–H groups in total. The molecule has 2 heterocycles. The number of rotatable bonds is 4. The van der Waals surface area contributed by atoms with E-state index in [4.69, 9.17) is 9.47 Å². The van der Waals surface area contributed by atoms with Crippen molar-refractivity contribution in [3.8, 4) is 16.9 Å². The highest BCUT2D eigenvalue weighted by Crippen LogP contribution is 2.42. The summed E-state index contributed by atoms with van der Waals surface area (Å²) < 4.78 is 42.3. The first-order valence-corrected chi connectivity index (χ1v) is 11.1. The molecule has 34 heavy (non-hydrogen) atoms. The number of carbonyl (C=O) groups is 1. The highest BCUT2D eigenvalue weighted by molar-refractivity contribution is 6.00. The maximum atomic E-state index is 15.2. The highest BCUT2D eigenvalue weighted by atomic mass is 19.1. The molecule has 8 heteroatoms. The third kappa shape index (κ3) is 4.07. The van der Waals surface area contributed by atoms with Gasteiger partial charge in [0.25, 0.3) is 5.56 Å². The normalized spacial score (nSPS) is 14.6. The largest absolute Gasteiger partial charge is 0.490 e. The lowest BCUT2D eigenvalue weighted by atomic mass is 9.87. The van der Waals surface area contributed by atoms with Crippen molar-refractivity contribution in [3.05, 3.63) is 63.1 Å². The number of carboxylic acid groups (broad SMARTS) is 1. The summed E-state index contributed by atoms with van der Waals surface area (Å²) in [6.45, 7) is 7.29. The maximum Gasteiger partial charge on any atom is 0.339 e. The van der Waals surface area contributed by atoms with Crippen molar-refractivity contribution >= 4 is 16.7 Å². The monoisotopic (exact) mass is 471 g/mol. The Morgan fingerprint density at radius 2 is 1.91 bits per heavy atom. The van der Waals surface area contributed by atoms with Gasteiger partial charge in [-0.05, 0) is 81.3 Å². The van der Waals surface area contributed by atoms with E-state index >= 15 is 4.39 Å². The molecule has 0 saturated heterocycles. The number of pyridine rings is 1. The number of nitrogens with zero attached hydrogens (tertiary/aromatic N) is 1. The van der Waals surface area contributed by atoms with Crippen LogP contribution in [0, 0.1) is 18.6 Å². The lowest BCUT2D eigenvalue weighted by molar-refractivity contribution is -0.161. The molecule has 4 rings (SSSR count). The number of aliphatic carboxylic acids is 1. The lowest BCUT2D eigenvalue weighted by Gasteiger charge is -2.29. The van der Waals surface area contributed by atoms with Crippen molar-refractivity contribution in [1.82, 2.24) is 4.57 Å². The summed E-state index contributed by atoms with van der Waals surface area (Å²) in [6, 6.07) is 4.97. The van der Waals surface area contributed by atoms with Gasteiger partial charge in [0.2, 0.25) is 0 Å². The van der Waals surface area contributed by atoms with Gasteiger partial charge >= 0.3 is 5.97 Å². The van der Waals surface area contributed by atoms with Gasteiger partial charge in [-0.2, -0.15) is 0 Å². The molecule has 2 aromatic carbocycles. The third-order valence-corrected chi connectivity index (χ3v) is 6.05. The zero-order chi connectivity index (χ0) is 24.9. The number of fused-ring (bicyclic) bond motifs is 2. The van der Waals surface area contributed by atoms with Crippen molar-refractivity contribution in [2.45, 2.75) is 52.2 Å². The van der Waals surface area contributed by atoms with Gasteiger partial charge in [0.15, 0.2) is 17.7 Å². The Bertz CT molecular complexity index is 1370. The van der Waals surface area contributed by atoms with Gasteiger partial charge < -0.3 is 19.1 Å². The number of hydrogen-bond donors (Lipinski definition) is 1. The average Bonchev–Trinajstić information content (AvgIpc) is 2.76. The van der Waals surface area contributed by atoms with Gasteiger partial charge in [-0.3, -0.25) is 4.79 Å². The summed E-state index contributed by atoms with van der Waals surface area (Å²) in [5.74, 6) is -2.34. The molecule has 0 radical (unpaired) electrons. The van der Waals surface area contributed by atoms with Gasteiger partial charge in [-0.1, -0.05) is 0 Å². The van der Waals surface area contributed by atoms with Gasteiger partial charge in [0, 0.05) is 23.6 Å². The molecule has 0 fully saturated rings. The Kier molecular flexibility index (Phi) is 5.97. The van der Waals surface area contributed by atoms with Crippen molar-refractivity contribution in [2.75, 3.05) is 6.61 Å². The van der Waals surface area contributed by atoms with Gasteiger partial charge in [0.1, 0.15) is 5.82 Å². The molecule has 3 aromatic rings. The molecule has 6 nitrogen and oxygen atoms in total. The molecule has 0 saturated carbocycles. The second-order valence-electron chi connectivity index (χ2n) is 9.55. The Morgan fingerprint density at radius 3 is 2.56 bits per heavy atom. The minimum absolute atomic E-state index is 0.0182. The fourth-order valence-corrected chi connectivity index (χ4v) is 4.59. The Hall–Kier alpha value is -3.26. The van der Waals surface area contributed by atoms with Gasteiger partial charge in [0.05, 0.1) is 17.9 Å². The van der Waals surface area contributed by atoms with Crippen molar-refractivity contribution in [2.24, 2.45) is 7.05 Å². The van der Waals surface area contributed by atoms with E-state index in [0.29, 0.717) is 36.1 Å². The SMILES string of the molecule is Cc1c(-c2c(C(OC(C)(C)C)C(=O)O)n(C)c(=O)c3ccc(F)cc23)cc(F)c2c1CCCO2. The molecule has 0 bridgehead atoms. The number of aromatic nitrogens is 1. The van der Waals surface area contributed by atoms with E-state index in [1.807, 2.05) is 0 Å². The molecule has 1 aliphatic heterocycles. The zero-order valence-corrected chi connectivity index (χ0v) is 19.8. The summed E-state index contributed by atoms with van der Waals surface area (Å²) in [7, 11) is 1.44. The van der Waals surface area contributed by atoms with Crippen LogP contribution in [-0.2, 0) is 23.0 Å². The van der Waals surface area contributed by atoms with E-state index in [0.717, 1.165) is 0 Å². The van der Waals surface area contributed by atoms with Crippen LogP contribution in [-0.4, -0.2) is 27.9 Å². The number of carboxylic acids is 1. The van der Waals surface area contributed by atoms with Crippen LogP contribution in [0.15, 0.2) is 29.1 Å². The van der Waals surface area contributed by atoms with Crippen LogP contribution in [0.5, 0.6) is 5.75 Å². The second kappa shape index (κ2) is 8.51. The number of ether oxygens (including phenoxy) is 2. The van der Waals surface area contributed by atoms with Crippen molar-refractivity contribution < 1.29 is 28.2 Å². The van der Waals surface area contributed by atoms with Crippen LogP contribution in [0.1, 0.15) is 50.1 Å². The smallest absolute Gasteiger partial charge is 0.339 e. The molecule has 1 unspecified atom stereocenters. The van der Waals surface area contributed by atoms with Crippen LogP contribution in [0.4, 0.5) is 8.78 Å². The quantitative estimate of drug-likeness (QED) is 0.576. The molecule has 0 amide bonds. The molecule has 180 valence electrons. The Labute approximate surface area is 195 Å². The van der Waals surface area contributed by atoms with Crippen molar-refractivity contribution in [1.29, 1.82) is 0 Å². The predicted molar refractivity (Wildman–Crippen MR) is 124 cm³/mol. The van der Waals surface area contributed by atoms with E-state index in [2.05, 4.69) is 0 Å². The van der Waals surface area contributed by atoms with Crippen LogP contribution in [0.25, 0.3) is 21.9 Å². The summed E-state index contributed by atoms with van der Waals surface area (Å²) in [4.78, 5) is 25.6. The van der Waals surface area contributed by atoms with Crippen LogP contribution in [0.3, 0.4) is 0 Å². The number of benzene rings is 2. The number of hydrogen-bond acceptors (Lipinski definition) is 4. The van der Waals surface area contributed by atoms with Crippen LogP contribution in [0.2, 0.25) is 0 Å². The fraction of sp³-hybridized carbons (Fsp3) is 0.385. The van der Waals surface area contributed by atoms with Crippen LogP contribution >= 0.6 is 0 Å². The zero-order valence-electron chi connectivity index (χ0n) is 19.8. The first-order valence-electron chi connectivity index (χ1n) is 11.1. The summed E-state index contributed by atoms with van der Waals surface area (Å²) in [5.41, 5.74) is 0.610. The van der Waals surface area contributed by atoms with E-state index in [1.54, 1.807) is 27.7 Å². The predicted octanol–water partition coefficient (Wildman–Crippen LogP) is 5.06. The standard InChI is InChI=1S/C26H27F2NO5/c1-13-15-7-6-10-33-22(15)19(28)12-17(13)20-18-11-14(27)8-9-16(18)24(30)29(5)21(20)23(25(31)32)34-26(2,3)4/h8-9,11-12,23H,6-7,10H2,1-5H3,(H,31,32). The van der Waals surface area contributed by atoms with E-state index in [-0.39, 0.29) is 27.8 Å². The summed E-state index contributed by atoms with van der Waals surface area (Å²) in [6.07, 6.45) is -0.271. The van der Waals surface area contributed by atoms with E-state index in [9.17, 15) is 19.1 Å². The minimum atomic E-state index is -1.56. The fourth-order valence-electron chi connectivity index (χ4n) is 4.59. The van der Waals surface area contributed by atoms with Crippen LogP contribution < -0.4 is 10.3 Å². The van der Waals surface area contributed by atoms with Gasteiger partial charge in [-0.15, -0.1) is 0 Å².